The number of hydrogen-bond donors (Lipinski definition) is 0. The summed E-state index contributed by atoms with van der Waals surface area (Å²) in [6.45, 7) is 3.81. The second kappa shape index (κ2) is 9.41. The molecule has 4 nitrogen and oxygen atoms in total. The molecule has 0 aromatic heterocycles. The van der Waals surface area contributed by atoms with Gasteiger partial charge in [-0.05, 0) is 36.8 Å². The van der Waals surface area contributed by atoms with Crippen molar-refractivity contribution in [3.05, 3.63) is 52.6 Å². The summed E-state index contributed by atoms with van der Waals surface area (Å²) in [6, 6.07) is 9.47. The third kappa shape index (κ3) is 5.05. The highest BCUT2D eigenvalue weighted by Crippen LogP contribution is 2.25. The van der Waals surface area contributed by atoms with E-state index in [1.54, 1.807) is 6.92 Å². The smallest absolute Gasteiger partial charge is 0.348 e. The van der Waals surface area contributed by atoms with E-state index in [-0.39, 0.29) is 12.2 Å². The molecule has 2 rings (SSSR count). The van der Waals surface area contributed by atoms with Crippen LogP contribution in [0.25, 0.3) is 5.70 Å². The lowest BCUT2D eigenvalue weighted by atomic mass is 10.1. The van der Waals surface area contributed by atoms with Crippen molar-refractivity contribution in [2.24, 2.45) is 0 Å². The fourth-order valence-electron chi connectivity index (χ4n) is 2.33. The normalized spacial score (nSPS) is 15.8. The number of rotatable bonds is 5. The summed E-state index contributed by atoms with van der Waals surface area (Å²) in [4.78, 5) is 14.0. The molecule has 0 atom stereocenters. The Kier molecular flexibility index (Phi) is 7.23. The molecule has 0 bridgehead atoms. The third-order valence-corrected chi connectivity index (χ3v) is 4.71. The van der Waals surface area contributed by atoms with Crippen molar-refractivity contribution in [1.29, 1.82) is 5.26 Å². The van der Waals surface area contributed by atoms with Crippen molar-refractivity contribution in [3.63, 3.8) is 0 Å². The SMILES string of the molecule is CCOC(=O)/C(C#N)=C/C=C(/c1ccc(Cl)cc1)N1CCSCC1. The largest absolute Gasteiger partial charge is 0.462 e. The molecule has 0 aliphatic carbocycles. The van der Waals surface area contributed by atoms with Gasteiger partial charge in [-0.15, -0.1) is 0 Å². The average Bonchev–Trinajstić information content (AvgIpc) is 2.61. The molecule has 1 heterocycles. The number of halogens is 1. The fourth-order valence-corrected chi connectivity index (χ4v) is 3.36. The summed E-state index contributed by atoms with van der Waals surface area (Å²) in [6.07, 6.45) is 3.35. The van der Waals surface area contributed by atoms with Gasteiger partial charge in [0.25, 0.3) is 0 Å². The van der Waals surface area contributed by atoms with Crippen LogP contribution in [0.15, 0.2) is 42.0 Å². The van der Waals surface area contributed by atoms with Crippen molar-refractivity contribution in [3.8, 4) is 6.07 Å². The van der Waals surface area contributed by atoms with Crippen molar-refractivity contribution in [2.45, 2.75) is 6.92 Å². The lowest BCUT2D eigenvalue weighted by Gasteiger charge is -2.31. The molecular weight excluding hydrogens is 344 g/mol. The highest BCUT2D eigenvalue weighted by molar-refractivity contribution is 7.99. The second-order valence-electron chi connectivity index (χ2n) is 5.07. The zero-order chi connectivity index (χ0) is 17.4. The van der Waals surface area contributed by atoms with Gasteiger partial charge in [-0.1, -0.05) is 23.7 Å². The maximum Gasteiger partial charge on any atom is 0.348 e. The Labute approximate surface area is 151 Å². The molecule has 0 amide bonds. The van der Waals surface area contributed by atoms with Crippen LogP contribution in [0.2, 0.25) is 5.02 Å². The standard InChI is InChI=1S/C18H19ClN2O2S/c1-2-23-18(22)15(13-20)5-8-17(21-9-11-24-12-10-21)14-3-6-16(19)7-4-14/h3-8H,2,9-12H2,1H3/b15-5+,17-8-. The summed E-state index contributed by atoms with van der Waals surface area (Å²) >= 11 is 7.90. The molecule has 6 heteroatoms. The Hall–Kier alpha value is -1.90. The average molecular weight is 363 g/mol. The van der Waals surface area contributed by atoms with Gasteiger partial charge in [0.2, 0.25) is 0 Å². The number of carbonyl (C=O) groups excluding carboxylic acids is 1. The number of allylic oxidation sites excluding steroid dienone is 2. The second-order valence-corrected chi connectivity index (χ2v) is 6.73. The quantitative estimate of drug-likeness (QED) is 0.345. The Bertz CT molecular complexity index is 671. The fraction of sp³-hybridized carbons (Fsp3) is 0.333. The van der Waals surface area contributed by atoms with Crippen molar-refractivity contribution in [1.82, 2.24) is 4.90 Å². The summed E-state index contributed by atoms with van der Waals surface area (Å²) in [5.41, 5.74) is 1.97. The van der Waals surface area contributed by atoms with E-state index < -0.39 is 5.97 Å². The first-order chi connectivity index (χ1) is 11.7. The minimum absolute atomic E-state index is 0.00491. The lowest BCUT2D eigenvalue weighted by Crippen LogP contribution is -2.31. The van der Waals surface area contributed by atoms with Crippen molar-refractivity contribution in [2.75, 3.05) is 31.2 Å². The number of carbonyl (C=O) groups is 1. The summed E-state index contributed by atoms with van der Waals surface area (Å²) in [5, 5.41) is 9.84. The van der Waals surface area contributed by atoms with Gasteiger partial charge >= 0.3 is 5.97 Å². The predicted octanol–water partition coefficient (Wildman–Crippen LogP) is 3.74. The highest BCUT2D eigenvalue weighted by Gasteiger charge is 2.16. The Morgan fingerprint density at radius 3 is 2.58 bits per heavy atom. The topological polar surface area (TPSA) is 53.3 Å². The molecule has 0 N–H and O–H groups in total. The minimum atomic E-state index is -0.596. The van der Waals surface area contributed by atoms with Gasteiger partial charge in [0.05, 0.1) is 6.61 Å². The summed E-state index contributed by atoms with van der Waals surface area (Å²) < 4.78 is 4.90. The van der Waals surface area contributed by atoms with Gasteiger partial charge in [-0.2, -0.15) is 17.0 Å². The molecule has 0 unspecified atom stereocenters. The lowest BCUT2D eigenvalue weighted by molar-refractivity contribution is -0.138. The van der Waals surface area contributed by atoms with Crippen LogP contribution in [0, 0.1) is 11.3 Å². The number of esters is 1. The number of thioether (sulfide) groups is 1. The third-order valence-electron chi connectivity index (χ3n) is 3.52. The molecule has 0 saturated carbocycles. The van der Waals surface area contributed by atoms with Crippen LogP contribution in [0.1, 0.15) is 12.5 Å². The van der Waals surface area contributed by atoms with Crippen LogP contribution in [0.5, 0.6) is 0 Å². The molecule has 126 valence electrons. The molecule has 1 saturated heterocycles. The minimum Gasteiger partial charge on any atom is -0.462 e. The molecular formula is C18H19ClN2O2S. The van der Waals surface area contributed by atoms with E-state index >= 15 is 0 Å². The summed E-state index contributed by atoms with van der Waals surface area (Å²) in [7, 11) is 0. The van der Waals surface area contributed by atoms with E-state index in [9.17, 15) is 10.1 Å². The van der Waals surface area contributed by atoms with Gasteiger partial charge in [0, 0.05) is 35.3 Å². The van der Waals surface area contributed by atoms with E-state index in [0.29, 0.717) is 5.02 Å². The first-order valence-electron chi connectivity index (χ1n) is 7.73. The molecule has 24 heavy (non-hydrogen) atoms. The van der Waals surface area contributed by atoms with E-state index in [0.717, 1.165) is 35.9 Å². The van der Waals surface area contributed by atoms with Crippen LogP contribution in [-0.4, -0.2) is 42.1 Å². The number of nitriles is 1. The van der Waals surface area contributed by atoms with Crippen molar-refractivity contribution >= 4 is 35.0 Å². The van der Waals surface area contributed by atoms with Gasteiger partial charge in [0.15, 0.2) is 0 Å². The monoisotopic (exact) mass is 362 g/mol. The van der Waals surface area contributed by atoms with Gasteiger partial charge in [-0.3, -0.25) is 0 Å². The zero-order valence-electron chi connectivity index (χ0n) is 13.5. The Morgan fingerprint density at radius 1 is 1.33 bits per heavy atom. The van der Waals surface area contributed by atoms with Crippen LogP contribution < -0.4 is 0 Å². The number of benzene rings is 1. The predicted molar refractivity (Wildman–Crippen MR) is 98.7 cm³/mol. The van der Waals surface area contributed by atoms with E-state index in [4.69, 9.17) is 16.3 Å². The first kappa shape index (κ1) is 18.4. The van der Waals surface area contributed by atoms with E-state index in [1.165, 1.54) is 6.08 Å². The maximum atomic E-state index is 11.8. The van der Waals surface area contributed by atoms with Gasteiger partial charge < -0.3 is 9.64 Å². The van der Waals surface area contributed by atoms with Gasteiger partial charge in [0.1, 0.15) is 11.6 Å². The van der Waals surface area contributed by atoms with E-state index in [1.807, 2.05) is 48.2 Å². The zero-order valence-corrected chi connectivity index (χ0v) is 15.1. The number of ether oxygens (including phenoxy) is 1. The number of nitrogens with zero attached hydrogens (tertiary/aromatic N) is 2. The Balaban J connectivity index is 2.35. The van der Waals surface area contributed by atoms with Crippen LogP contribution in [0.4, 0.5) is 0 Å². The summed E-state index contributed by atoms with van der Waals surface area (Å²) in [5.74, 6) is 1.51. The van der Waals surface area contributed by atoms with Crippen molar-refractivity contribution < 1.29 is 9.53 Å². The van der Waals surface area contributed by atoms with Crippen LogP contribution >= 0.6 is 23.4 Å². The molecule has 1 aromatic rings. The van der Waals surface area contributed by atoms with Crippen LogP contribution in [0.3, 0.4) is 0 Å². The molecule has 1 aliphatic rings. The van der Waals surface area contributed by atoms with Crippen LogP contribution in [-0.2, 0) is 9.53 Å². The molecule has 1 aliphatic heterocycles. The molecule has 0 spiro atoms. The number of hydrogen-bond acceptors (Lipinski definition) is 5. The Morgan fingerprint density at radius 2 is 2.00 bits per heavy atom. The highest BCUT2D eigenvalue weighted by atomic mass is 35.5. The molecule has 1 fully saturated rings. The first-order valence-corrected chi connectivity index (χ1v) is 9.26. The maximum absolute atomic E-state index is 11.8. The molecule has 0 radical (unpaired) electrons. The van der Waals surface area contributed by atoms with E-state index in [2.05, 4.69) is 4.90 Å². The molecule has 1 aromatic carbocycles. The van der Waals surface area contributed by atoms with Gasteiger partial charge in [-0.25, -0.2) is 4.79 Å².